The number of hydrogen-bond donors (Lipinski definition) is 1. The van der Waals surface area contributed by atoms with Gasteiger partial charge < -0.3 is 14.8 Å². The molecule has 1 amide bonds. The second kappa shape index (κ2) is 9.23. The molecular formula is C21H27NO3. The number of amides is 1. The number of hydrogen-bond acceptors (Lipinski definition) is 3. The molecule has 2 aromatic rings. The summed E-state index contributed by atoms with van der Waals surface area (Å²) in [5.41, 5.74) is 3.43. The summed E-state index contributed by atoms with van der Waals surface area (Å²) in [6.07, 6.45) is 0.868. The predicted molar refractivity (Wildman–Crippen MR) is 101 cm³/mol. The number of benzene rings is 2. The average Bonchev–Trinajstić information content (AvgIpc) is 2.61. The van der Waals surface area contributed by atoms with Crippen LogP contribution in [0.1, 0.15) is 42.3 Å². The van der Waals surface area contributed by atoms with Gasteiger partial charge in [-0.25, -0.2) is 0 Å². The number of carbonyl (C=O) groups is 1. The fraction of sp³-hybridized carbons (Fsp3) is 0.381. The lowest BCUT2D eigenvalue weighted by Gasteiger charge is -2.13. The minimum Gasteiger partial charge on any atom is -0.496 e. The molecule has 4 nitrogen and oxygen atoms in total. The van der Waals surface area contributed by atoms with E-state index in [1.807, 2.05) is 36.4 Å². The number of aryl methyl sites for hydroxylation is 1. The maximum absolute atomic E-state index is 12.6. The summed E-state index contributed by atoms with van der Waals surface area (Å²) in [7, 11) is 1.62. The normalized spacial score (nSPS) is 10.8. The molecule has 4 heteroatoms. The molecule has 0 aliphatic carbocycles. The molecule has 0 radical (unpaired) electrons. The van der Waals surface area contributed by atoms with Crippen LogP contribution in [0.3, 0.4) is 0 Å². The predicted octanol–water partition coefficient (Wildman–Crippen LogP) is 4.68. The van der Waals surface area contributed by atoms with Gasteiger partial charge in [0.1, 0.15) is 5.75 Å². The molecular weight excluding hydrogens is 314 g/mol. The number of anilines is 1. The first-order valence-electron chi connectivity index (χ1n) is 8.69. The number of ether oxygens (including phenoxy) is 2. The first-order chi connectivity index (χ1) is 12.0. The van der Waals surface area contributed by atoms with Crippen LogP contribution in [0.15, 0.2) is 42.5 Å². The highest BCUT2D eigenvalue weighted by molar-refractivity contribution is 6.04. The van der Waals surface area contributed by atoms with Crippen LogP contribution in [0.2, 0.25) is 0 Å². The summed E-state index contributed by atoms with van der Waals surface area (Å²) in [6, 6.07) is 13.3. The molecule has 0 aliphatic rings. The first kappa shape index (κ1) is 19.0. The highest BCUT2D eigenvalue weighted by Crippen LogP contribution is 2.23. The Morgan fingerprint density at radius 1 is 1.12 bits per heavy atom. The maximum atomic E-state index is 12.6. The van der Waals surface area contributed by atoms with E-state index in [4.69, 9.17) is 9.47 Å². The van der Waals surface area contributed by atoms with Crippen molar-refractivity contribution >= 4 is 11.6 Å². The highest BCUT2D eigenvalue weighted by Gasteiger charge is 2.12. The van der Waals surface area contributed by atoms with Crippen LogP contribution in [0, 0.1) is 5.92 Å². The smallest absolute Gasteiger partial charge is 0.255 e. The zero-order chi connectivity index (χ0) is 18.2. The van der Waals surface area contributed by atoms with Gasteiger partial charge >= 0.3 is 0 Å². The van der Waals surface area contributed by atoms with Crippen LogP contribution >= 0.6 is 0 Å². The second-order valence-corrected chi connectivity index (χ2v) is 6.40. The molecule has 1 N–H and O–H groups in total. The molecule has 0 unspecified atom stereocenters. The van der Waals surface area contributed by atoms with Crippen molar-refractivity contribution in [3.05, 3.63) is 59.2 Å². The number of carbonyl (C=O) groups excluding carboxylic acids is 1. The van der Waals surface area contributed by atoms with Crippen LogP contribution in [-0.4, -0.2) is 19.6 Å². The molecule has 0 atom stereocenters. The van der Waals surface area contributed by atoms with Gasteiger partial charge in [-0.05, 0) is 42.2 Å². The number of para-hydroxylation sites is 1. The van der Waals surface area contributed by atoms with Crippen LogP contribution in [-0.2, 0) is 17.8 Å². The standard InChI is InChI=1S/C21H27NO3/c1-5-16-8-6-7-9-19(16)22-21(23)17-10-11-20(24-4)18(12-17)14-25-13-15(2)3/h6-12,15H,5,13-14H2,1-4H3,(H,22,23). The van der Waals surface area contributed by atoms with Gasteiger partial charge in [0.05, 0.1) is 13.7 Å². The fourth-order valence-electron chi connectivity index (χ4n) is 2.58. The molecule has 0 saturated carbocycles. The van der Waals surface area contributed by atoms with Crippen molar-refractivity contribution in [3.8, 4) is 5.75 Å². The SMILES string of the molecule is CCc1ccccc1NC(=O)c1ccc(OC)c(COCC(C)C)c1. The van der Waals surface area contributed by atoms with Crippen LogP contribution in [0.5, 0.6) is 5.75 Å². The average molecular weight is 341 g/mol. The lowest BCUT2D eigenvalue weighted by Crippen LogP contribution is -2.14. The summed E-state index contributed by atoms with van der Waals surface area (Å²) in [5, 5.41) is 3.00. The fourth-order valence-corrected chi connectivity index (χ4v) is 2.58. The molecule has 0 aromatic heterocycles. The summed E-state index contributed by atoms with van der Waals surface area (Å²) < 4.78 is 11.1. The Morgan fingerprint density at radius 2 is 1.88 bits per heavy atom. The molecule has 134 valence electrons. The third-order valence-corrected chi connectivity index (χ3v) is 3.90. The van der Waals surface area contributed by atoms with Crippen molar-refractivity contribution in [2.45, 2.75) is 33.8 Å². The van der Waals surface area contributed by atoms with Crippen LogP contribution in [0.4, 0.5) is 5.69 Å². The van der Waals surface area contributed by atoms with Gasteiger partial charge in [-0.2, -0.15) is 0 Å². The molecule has 0 fully saturated rings. The van der Waals surface area contributed by atoms with Gasteiger partial charge in [-0.15, -0.1) is 0 Å². The van der Waals surface area contributed by atoms with E-state index in [-0.39, 0.29) is 5.91 Å². The minimum atomic E-state index is -0.131. The van der Waals surface area contributed by atoms with E-state index in [9.17, 15) is 4.79 Å². The molecule has 25 heavy (non-hydrogen) atoms. The second-order valence-electron chi connectivity index (χ2n) is 6.40. The summed E-state index contributed by atoms with van der Waals surface area (Å²) in [6.45, 7) is 7.37. The number of methoxy groups -OCH3 is 1. The number of nitrogens with one attached hydrogen (secondary N) is 1. The maximum Gasteiger partial charge on any atom is 0.255 e. The quantitative estimate of drug-likeness (QED) is 0.758. The van der Waals surface area contributed by atoms with Gasteiger partial charge in [0.15, 0.2) is 0 Å². The van der Waals surface area contributed by atoms with E-state index in [1.165, 1.54) is 0 Å². The molecule has 0 bridgehead atoms. The Labute approximate surface area is 150 Å². The summed E-state index contributed by atoms with van der Waals surface area (Å²) in [4.78, 5) is 12.6. The van der Waals surface area contributed by atoms with Gasteiger partial charge in [0, 0.05) is 23.4 Å². The van der Waals surface area contributed by atoms with Crippen LogP contribution < -0.4 is 10.1 Å². The summed E-state index contributed by atoms with van der Waals surface area (Å²) >= 11 is 0. The molecule has 0 aliphatic heterocycles. The van der Waals surface area contributed by atoms with E-state index < -0.39 is 0 Å². The van der Waals surface area contributed by atoms with E-state index in [0.29, 0.717) is 24.7 Å². The topological polar surface area (TPSA) is 47.6 Å². The third-order valence-electron chi connectivity index (χ3n) is 3.90. The zero-order valence-corrected chi connectivity index (χ0v) is 15.5. The van der Waals surface area contributed by atoms with E-state index >= 15 is 0 Å². The molecule has 2 rings (SSSR count). The Balaban J connectivity index is 2.16. The van der Waals surface area contributed by atoms with Gasteiger partial charge in [0.2, 0.25) is 0 Å². The molecule has 0 spiro atoms. The van der Waals surface area contributed by atoms with E-state index in [2.05, 4.69) is 26.1 Å². The third kappa shape index (κ3) is 5.33. The minimum absolute atomic E-state index is 0.131. The molecule has 2 aromatic carbocycles. The van der Waals surface area contributed by atoms with Crippen molar-refractivity contribution in [1.29, 1.82) is 0 Å². The molecule has 0 saturated heterocycles. The van der Waals surface area contributed by atoms with E-state index in [1.54, 1.807) is 13.2 Å². The Bertz CT molecular complexity index is 710. The van der Waals surface area contributed by atoms with Gasteiger partial charge in [-0.1, -0.05) is 39.0 Å². The monoisotopic (exact) mass is 341 g/mol. The number of rotatable bonds is 8. The van der Waals surface area contributed by atoms with Crippen molar-refractivity contribution in [1.82, 2.24) is 0 Å². The first-order valence-corrected chi connectivity index (χ1v) is 8.69. The Morgan fingerprint density at radius 3 is 2.56 bits per heavy atom. The lowest BCUT2D eigenvalue weighted by molar-refractivity contribution is 0.0952. The van der Waals surface area contributed by atoms with Gasteiger partial charge in [-0.3, -0.25) is 4.79 Å². The molecule has 0 heterocycles. The largest absolute Gasteiger partial charge is 0.496 e. The van der Waals surface area contributed by atoms with Crippen molar-refractivity contribution in [2.24, 2.45) is 5.92 Å². The Hall–Kier alpha value is -2.33. The van der Waals surface area contributed by atoms with E-state index in [0.717, 1.165) is 29.0 Å². The van der Waals surface area contributed by atoms with Crippen LogP contribution in [0.25, 0.3) is 0 Å². The highest BCUT2D eigenvalue weighted by atomic mass is 16.5. The summed E-state index contributed by atoms with van der Waals surface area (Å²) in [5.74, 6) is 1.06. The van der Waals surface area contributed by atoms with Gasteiger partial charge in [0.25, 0.3) is 5.91 Å². The Kier molecular flexibility index (Phi) is 7.02. The van der Waals surface area contributed by atoms with Crippen molar-refractivity contribution < 1.29 is 14.3 Å². The van der Waals surface area contributed by atoms with Crippen molar-refractivity contribution in [3.63, 3.8) is 0 Å². The lowest BCUT2D eigenvalue weighted by atomic mass is 10.1. The van der Waals surface area contributed by atoms with Crippen molar-refractivity contribution in [2.75, 3.05) is 19.0 Å². The zero-order valence-electron chi connectivity index (χ0n) is 15.5.